The van der Waals surface area contributed by atoms with Crippen LogP contribution in [0.25, 0.3) is 0 Å². The van der Waals surface area contributed by atoms with Crippen LogP contribution in [0.5, 0.6) is 0 Å². The van der Waals surface area contributed by atoms with Gasteiger partial charge in [-0.3, -0.25) is 4.79 Å². The summed E-state index contributed by atoms with van der Waals surface area (Å²) >= 11 is 1.12. The average molecular weight is 334 g/mol. The first kappa shape index (κ1) is 17.1. The molecule has 0 aromatic carbocycles. The molecule has 1 aromatic rings. The molecule has 0 saturated heterocycles. The van der Waals surface area contributed by atoms with Crippen molar-refractivity contribution in [2.75, 3.05) is 12.4 Å². The zero-order chi connectivity index (χ0) is 16.9. The maximum Gasteiger partial charge on any atom is 0.350 e. The number of methoxy groups -OCH3 is 1. The van der Waals surface area contributed by atoms with Gasteiger partial charge in [0.1, 0.15) is 4.88 Å². The molecule has 8 heteroatoms. The Morgan fingerprint density at radius 3 is 2.70 bits per heavy atom. The largest absolute Gasteiger partial charge is 0.465 e. The molecule has 1 aliphatic heterocycles. The van der Waals surface area contributed by atoms with E-state index in [-0.39, 0.29) is 12.3 Å². The van der Waals surface area contributed by atoms with E-state index in [1.807, 2.05) is 6.92 Å². The van der Waals surface area contributed by atoms with Gasteiger partial charge in [0.05, 0.1) is 12.8 Å². The fraction of sp³-hybridized carbons (Fsp3) is 0.533. The normalized spacial score (nSPS) is 14.1. The van der Waals surface area contributed by atoms with Crippen molar-refractivity contribution in [2.45, 2.75) is 44.7 Å². The number of ether oxygens (including phenoxy) is 1. The number of nitrogens with one attached hydrogen (secondary N) is 1. The predicted octanol–water partition coefficient (Wildman–Crippen LogP) is 2.79. The van der Waals surface area contributed by atoms with Gasteiger partial charge in [-0.15, -0.1) is 12.3 Å². The fourth-order valence-corrected chi connectivity index (χ4v) is 3.05. The third kappa shape index (κ3) is 4.36. The van der Waals surface area contributed by atoms with E-state index >= 15 is 0 Å². The molecule has 7 nitrogen and oxygen atoms in total. The van der Waals surface area contributed by atoms with Gasteiger partial charge in [0.25, 0.3) is 0 Å². The van der Waals surface area contributed by atoms with Gasteiger partial charge < -0.3 is 10.1 Å². The molecule has 0 aliphatic carbocycles. The number of esters is 1. The Morgan fingerprint density at radius 2 is 2.13 bits per heavy atom. The van der Waals surface area contributed by atoms with Crippen molar-refractivity contribution in [2.24, 2.45) is 10.2 Å². The summed E-state index contributed by atoms with van der Waals surface area (Å²) in [5.74, 6) is 1.92. The van der Waals surface area contributed by atoms with Crippen molar-refractivity contribution in [3.8, 4) is 12.3 Å². The Kier molecular flexibility index (Phi) is 5.45. The van der Waals surface area contributed by atoms with Crippen LogP contribution in [0.3, 0.4) is 0 Å². The highest BCUT2D eigenvalue weighted by Gasteiger charge is 2.39. The number of rotatable bonds is 8. The monoisotopic (exact) mass is 334 g/mol. The molecule has 2 heterocycles. The minimum Gasteiger partial charge on any atom is -0.465 e. The molecule has 0 radical (unpaired) electrons. The third-order valence-electron chi connectivity index (χ3n) is 3.45. The average Bonchev–Trinajstić information content (AvgIpc) is 3.22. The van der Waals surface area contributed by atoms with Crippen molar-refractivity contribution in [1.82, 2.24) is 4.98 Å². The fourth-order valence-electron chi connectivity index (χ4n) is 2.06. The highest BCUT2D eigenvalue weighted by atomic mass is 32.1. The molecule has 1 aromatic heterocycles. The van der Waals surface area contributed by atoms with Crippen molar-refractivity contribution in [3.63, 3.8) is 0 Å². The van der Waals surface area contributed by atoms with Gasteiger partial charge in [0.15, 0.2) is 10.8 Å². The maximum atomic E-state index is 12.0. The second-order valence-corrected chi connectivity index (χ2v) is 6.07. The Balaban J connectivity index is 1.89. The second-order valence-electron chi connectivity index (χ2n) is 5.07. The van der Waals surface area contributed by atoms with Crippen LogP contribution in [0, 0.1) is 12.3 Å². The summed E-state index contributed by atoms with van der Waals surface area (Å²) in [7, 11) is 1.32. The van der Waals surface area contributed by atoms with Crippen LogP contribution in [0.1, 0.15) is 48.0 Å². The van der Waals surface area contributed by atoms with Gasteiger partial charge in [-0.05, 0) is 6.42 Å². The summed E-state index contributed by atoms with van der Waals surface area (Å²) in [4.78, 5) is 28.4. The zero-order valence-corrected chi connectivity index (χ0v) is 13.9. The molecule has 0 bridgehead atoms. The first-order valence-electron chi connectivity index (χ1n) is 7.29. The number of aryl methyl sites for hydroxylation is 1. The van der Waals surface area contributed by atoms with Crippen LogP contribution in [0.15, 0.2) is 10.2 Å². The van der Waals surface area contributed by atoms with E-state index < -0.39 is 11.6 Å². The number of carbonyl (C=O) groups is 2. The third-order valence-corrected chi connectivity index (χ3v) is 4.45. The zero-order valence-electron chi connectivity index (χ0n) is 13.1. The lowest BCUT2D eigenvalue weighted by Crippen LogP contribution is -2.17. The minimum absolute atomic E-state index is 0.185. The Hall–Kier alpha value is -2.27. The first-order valence-corrected chi connectivity index (χ1v) is 8.10. The molecule has 122 valence electrons. The van der Waals surface area contributed by atoms with E-state index in [1.165, 1.54) is 7.11 Å². The van der Waals surface area contributed by atoms with Gasteiger partial charge in [0.2, 0.25) is 5.91 Å². The van der Waals surface area contributed by atoms with Gasteiger partial charge in [-0.25, -0.2) is 9.78 Å². The van der Waals surface area contributed by atoms with E-state index in [4.69, 9.17) is 11.2 Å². The van der Waals surface area contributed by atoms with Crippen LogP contribution < -0.4 is 5.32 Å². The Labute approximate surface area is 138 Å². The molecule has 1 aliphatic rings. The van der Waals surface area contributed by atoms with E-state index in [9.17, 15) is 9.59 Å². The molecule has 2 rings (SSSR count). The number of amides is 1. The lowest BCUT2D eigenvalue weighted by molar-refractivity contribution is -0.116. The molecular weight excluding hydrogens is 316 g/mol. The molecule has 0 atom stereocenters. The van der Waals surface area contributed by atoms with Gasteiger partial charge in [-0.2, -0.15) is 10.2 Å². The van der Waals surface area contributed by atoms with E-state index in [0.717, 1.165) is 11.3 Å². The number of hydrogen-bond donors (Lipinski definition) is 1. The predicted molar refractivity (Wildman–Crippen MR) is 86.3 cm³/mol. The van der Waals surface area contributed by atoms with Gasteiger partial charge >= 0.3 is 5.97 Å². The maximum absolute atomic E-state index is 12.0. The lowest BCUT2D eigenvalue weighted by Gasteiger charge is -2.07. The summed E-state index contributed by atoms with van der Waals surface area (Å²) in [6, 6.07) is 0. The molecule has 0 spiro atoms. The van der Waals surface area contributed by atoms with Crippen LogP contribution in [0.2, 0.25) is 0 Å². The summed E-state index contributed by atoms with van der Waals surface area (Å²) in [6.07, 6.45) is 7.87. The summed E-state index contributed by atoms with van der Waals surface area (Å²) in [5, 5.41) is 11.1. The SMILES string of the molecule is C#CCCC1(CCC(=O)Nc2nc(CC)c(C(=O)OC)s2)N=N1. The number of anilines is 1. The smallest absolute Gasteiger partial charge is 0.350 e. The van der Waals surface area contributed by atoms with Gasteiger partial charge in [-0.1, -0.05) is 18.3 Å². The number of carbonyl (C=O) groups excluding carboxylic acids is 2. The van der Waals surface area contributed by atoms with Crippen LogP contribution in [-0.2, 0) is 16.0 Å². The quantitative estimate of drug-likeness (QED) is 0.584. The van der Waals surface area contributed by atoms with Crippen LogP contribution in [-0.4, -0.2) is 29.6 Å². The van der Waals surface area contributed by atoms with E-state index in [0.29, 0.717) is 41.4 Å². The van der Waals surface area contributed by atoms with Crippen molar-refractivity contribution in [3.05, 3.63) is 10.6 Å². The summed E-state index contributed by atoms with van der Waals surface area (Å²) in [5.41, 5.74) is 0.146. The molecule has 0 saturated carbocycles. The first-order chi connectivity index (χ1) is 11.0. The van der Waals surface area contributed by atoms with Gasteiger partial charge in [0, 0.05) is 25.7 Å². The van der Waals surface area contributed by atoms with Crippen molar-refractivity contribution in [1.29, 1.82) is 0 Å². The molecule has 0 unspecified atom stereocenters. The number of nitrogens with zero attached hydrogens (tertiary/aromatic N) is 3. The molecule has 1 amide bonds. The molecule has 23 heavy (non-hydrogen) atoms. The molecule has 1 N–H and O–H groups in total. The Morgan fingerprint density at radius 1 is 1.39 bits per heavy atom. The van der Waals surface area contributed by atoms with Crippen LogP contribution in [0.4, 0.5) is 5.13 Å². The van der Waals surface area contributed by atoms with Crippen molar-refractivity contribution < 1.29 is 14.3 Å². The van der Waals surface area contributed by atoms with E-state index in [2.05, 4.69) is 26.4 Å². The summed E-state index contributed by atoms with van der Waals surface area (Å²) < 4.78 is 4.71. The molecule has 0 fully saturated rings. The van der Waals surface area contributed by atoms with E-state index in [1.54, 1.807) is 0 Å². The summed E-state index contributed by atoms with van der Waals surface area (Å²) in [6.45, 7) is 1.89. The molecular formula is C15H18N4O3S. The van der Waals surface area contributed by atoms with Crippen LogP contribution >= 0.6 is 11.3 Å². The number of hydrogen-bond acceptors (Lipinski definition) is 7. The standard InChI is InChI=1S/C15H18N4O3S/c1-4-6-8-15(18-19-15)9-7-11(20)17-14-16-10(5-2)12(23-14)13(21)22-3/h1H,5-9H2,2-3H3,(H,16,17,20). The lowest BCUT2D eigenvalue weighted by atomic mass is 10.0. The number of thiazole rings is 1. The Bertz CT molecular complexity index is 669. The van der Waals surface area contributed by atoms with Crippen molar-refractivity contribution >= 4 is 28.3 Å². The topological polar surface area (TPSA) is 93.0 Å². The highest BCUT2D eigenvalue weighted by molar-refractivity contribution is 7.17. The number of terminal acetylenes is 1. The number of aromatic nitrogens is 1. The second kappa shape index (κ2) is 7.33. The minimum atomic E-state index is -0.474. The highest BCUT2D eigenvalue weighted by Crippen LogP contribution is 2.37.